The zero-order chi connectivity index (χ0) is 13.3. The van der Waals surface area contributed by atoms with Crippen LogP contribution in [-0.4, -0.2) is 17.7 Å². The molecule has 2 rings (SSSR count). The molecular weight excluding hydrogens is 242 g/mol. The fourth-order valence-electron chi connectivity index (χ4n) is 2.43. The van der Waals surface area contributed by atoms with E-state index in [0.29, 0.717) is 0 Å². The van der Waals surface area contributed by atoms with Crippen LogP contribution >= 0.6 is 0 Å². The van der Waals surface area contributed by atoms with Gasteiger partial charge < -0.3 is 9.84 Å². The number of carbonyl (C=O) groups is 1. The molecule has 0 bridgehead atoms. The molecule has 98 valence electrons. The van der Waals surface area contributed by atoms with Gasteiger partial charge in [0.15, 0.2) is 0 Å². The maximum Gasteiger partial charge on any atom is 0.309 e. The molecular formula is C13H14F2O3. The molecule has 18 heavy (non-hydrogen) atoms. The summed E-state index contributed by atoms with van der Waals surface area (Å²) in [5.74, 6) is -1.85. The second-order valence-corrected chi connectivity index (χ2v) is 4.40. The smallest absolute Gasteiger partial charge is 0.309 e. The van der Waals surface area contributed by atoms with Gasteiger partial charge in [-0.2, -0.15) is 0 Å². The highest BCUT2D eigenvalue weighted by Gasteiger charge is 2.42. The largest absolute Gasteiger partial charge is 0.466 e. The lowest BCUT2D eigenvalue weighted by Crippen LogP contribution is -2.28. The van der Waals surface area contributed by atoms with Crippen molar-refractivity contribution in [2.45, 2.75) is 31.8 Å². The lowest BCUT2D eigenvalue weighted by atomic mass is 9.92. The second kappa shape index (κ2) is 4.65. The number of carbonyl (C=O) groups excluding carboxylic acids is 1. The van der Waals surface area contributed by atoms with E-state index in [9.17, 15) is 18.7 Å². The van der Waals surface area contributed by atoms with Crippen LogP contribution < -0.4 is 0 Å². The third-order valence-electron chi connectivity index (χ3n) is 3.20. The summed E-state index contributed by atoms with van der Waals surface area (Å²) < 4.78 is 32.0. The Balaban J connectivity index is 2.35. The van der Waals surface area contributed by atoms with E-state index in [0.717, 1.165) is 12.1 Å². The Hall–Kier alpha value is -1.49. The third kappa shape index (κ3) is 2.10. The number of hydrogen-bond donors (Lipinski definition) is 1. The lowest BCUT2D eigenvalue weighted by molar-refractivity contribution is -0.149. The number of halogens is 2. The van der Waals surface area contributed by atoms with Gasteiger partial charge in [-0.05, 0) is 37.5 Å². The summed E-state index contributed by atoms with van der Waals surface area (Å²) in [5, 5.41) is 10.3. The van der Waals surface area contributed by atoms with E-state index in [-0.39, 0.29) is 37.0 Å². The summed E-state index contributed by atoms with van der Waals surface area (Å²) in [5.41, 5.74) is -1.61. The fraction of sp³-hybridized carbons (Fsp3) is 0.462. The molecule has 1 aliphatic rings. The summed E-state index contributed by atoms with van der Waals surface area (Å²) in [6.45, 7) is 1.83. The zero-order valence-corrected chi connectivity index (χ0v) is 10.0. The number of ether oxygens (including phenoxy) is 1. The Labute approximate surface area is 103 Å². The van der Waals surface area contributed by atoms with Crippen LogP contribution in [0, 0.1) is 11.6 Å². The molecule has 1 N–H and O–H groups in total. The van der Waals surface area contributed by atoms with Crippen LogP contribution in [0.1, 0.15) is 30.9 Å². The van der Waals surface area contributed by atoms with Crippen molar-refractivity contribution in [2.24, 2.45) is 0 Å². The van der Waals surface area contributed by atoms with Gasteiger partial charge >= 0.3 is 5.97 Å². The van der Waals surface area contributed by atoms with Crippen LogP contribution in [0.2, 0.25) is 0 Å². The monoisotopic (exact) mass is 256 g/mol. The summed E-state index contributed by atoms with van der Waals surface area (Å²) in [6, 6.07) is 2.00. The van der Waals surface area contributed by atoms with Crippen molar-refractivity contribution in [1.29, 1.82) is 0 Å². The lowest BCUT2D eigenvalue weighted by Gasteiger charge is -2.23. The van der Waals surface area contributed by atoms with Crippen molar-refractivity contribution in [3.8, 4) is 0 Å². The molecule has 0 radical (unpaired) electrons. The molecule has 3 nitrogen and oxygen atoms in total. The van der Waals surface area contributed by atoms with E-state index in [2.05, 4.69) is 0 Å². The molecule has 1 aromatic rings. The van der Waals surface area contributed by atoms with E-state index >= 15 is 0 Å². The third-order valence-corrected chi connectivity index (χ3v) is 3.20. The van der Waals surface area contributed by atoms with Crippen molar-refractivity contribution in [3.05, 3.63) is 34.9 Å². The Morgan fingerprint density at radius 1 is 1.44 bits per heavy atom. The zero-order valence-electron chi connectivity index (χ0n) is 10.0. The quantitative estimate of drug-likeness (QED) is 0.842. The number of rotatable bonds is 3. The fourth-order valence-corrected chi connectivity index (χ4v) is 2.43. The summed E-state index contributed by atoms with van der Waals surface area (Å²) in [4.78, 5) is 11.4. The maximum atomic E-state index is 13.7. The number of esters is 1. The summed E-state index contributed by atoms with van der Waals surface area (Å²) in [6.07, 6.45) is -0.0119. The summed E-state index contributed by atoms with van der Waals surface area (Å²) in [7, 11) is 0. The number of fused-ring (bicyclic) bond motifs is 1. The highest BCUT2D eigenvalue weighted by Crippen LogP contribution is 2.42. The van der Waals surface area contributed by atoms with Gasteiger partial charge in [-0.3, -0.25) is 4.79 Å². The van der Waals surface area contributed by atoms with Gasteiger partial charge in [0.1, 0.15) is 17.2 Å². The van der Waals surface area contributed by atoms with Gasteiger partial charge in [0, 0.05) is 5.56 Å². The van der Waals surface area contributed by atoms with Crippen LogP contribution in [0.5, 0.6) is 0 Å². The molecule has 0 amide bonds. The van der Waals surface area contributed by atoms with Gasteiger partial charge in [0.05, 0.1) is 13.0 Å². The molecule has 0 aliphatic heterocycles. The average Bonchev–Trinajstić information content (AvgIpc) is 2.63. The minimum Gasteiger partial charge on any atom is -0.466 e. The highest BCUT2D eigenvalue weighted by molar-refractivity contribution is 5.71. The topological polar surface area (TPSA) is 46.5 Å². The molecule has 0 aromatic heterocycles. The summed E-state index contributed by atoms with van der Waals surface area (Å²) >= 11 is 0. The van der Waals surface area contributed by atoms with E-state index in [1.807, 2.05) is 0 Å². The molecule has 1 aliphatic carbocycles. The van der Waals surface area contributed by atoms with E-state index in [1.54, 1.807) is 6.92 Å². The Morgan fingerprint density at radius 2 is 2.11 bits per heavy atom. The van der Waals surface area contributed by atoms with Crippen LogP contribution in [0.4, 0.5) is 8.78 Å². The Kier molecular flexibility index (Phi) is 3.34. The van der Waals surface area contributed by atoms with Crippen LogP contribution in [0.15, 0.2) is 12.1 Å². The standard InChI is InChI=1S/C13H14F2O3/c1-2-18-11(16)7-13(17)6-5-8-9(14)3-4-10(15)12(8)13/h3-4,17H,2,5-7H2,1H3. The first kappa shape index (κ1) is 13.0. The van der Waals surface area contributed by atoms with Crippen molar-refractivity contribution in [1.82, 2.24) is 0 Å². The SMILES string of the molecule is CCOC(=O)CC1(O)CCc2c(F)ccc(F)c21. The molecule has 0 saturated heterocycles. The molecule has 0 fully saturated rings. The van der Waals surface area contributed by atoms with Gasteiger partial charge in [0.25, 0.3) is 0 Å². The minimum absolute atomic E-state index is 0.101. The minimum atomic E-state index is -1.66. The first-order valence-corrected chi connectivity index (χ1v) is 5.83. The van der Waals surface area contributed by atoms with E-state index in [1.165, 1.54) is 0 Å². The molecule has 0 heterocycles. The van der Waals surface area contributed by atoms with E-state index < -0.39 is 23.2 Å². The van der Waals surface area contributed by atoms with E-state index in [4.69, 9.17) is 4.74 Å². The maximum absolute atomic E-state index is 13.7. The first-order chi connectivity index (χ1) is 8.48. The van der Waals surface area contributed by atoms with Crippen LogP contribution in [-0.2, 0) is 21.6 Å². The highest BCUT2D eigenvalue weighted by atomic mass is 19.1. The van der Waals surface area contributed by atoms with Gasteiger partial charge in [0.2, 0.25) is 0 Å². The molecule has 1 atom stereocenters. The Bertz CT molecular complexity index is 487. The second-order valence-electron chi connectivity index (χ2n) is 4.40. The number of hydrogen-bond acceptors (Lipinski definition) is 3. The predicted octanol–water partition coefficient (Wildman–Crippen LogP) is 2.05. The van der Waals surface area contributed by atoms with Crippen LogP contribution in [0.25, 0.3) is 0 Å². The average molecular weight is 256 g/mol. The molecule has 0 spiro atoms. The van der Waals surface area contributed by atoms with Gasteiger partial charge in [-0.15, -0.1) is 0 Å². The van der Waals surface area contributed by atoms with Crippen LogP contribution in [0.3, 0.4) is 0 Å². The van der Waals surface area contributed by atoms with Crippen molar-refractivity contribution in [3.63, 3.8) is 0 Å². The van der Waals surface area contributed by atoms with Crippen molar-refractivity contribution >= 4 is 5.97 Å². The normalized spacial score (nSPS) is 21.8. The molecule has 5 heteroatoms. The Morgan fingerprint density at radius 3 is 2.78 bits per heavy atom. The first-order valence-electron chi connectivity index (χ1n) is 5.83. The molecule has 1 unspecified atom stereocenters. The number of aliphatic hydroxyl groups is 1. The van der Waals surface area contributed by atoms with Gasteiger partial charge in [-0.25, -0.2) is 8.78 Å². The van der Waals surface area contributed by atoms with Crippen molar-refractivity contribution < 1.29 is 23.4 Å². The molecule has 1 aromatic carbocycles. The number of benzene rings is 1. The predicted molar refractivity (Wildman–Crippen MR) is 59.8 cm³/mol. The van der Waals surface area contributed by atoms with Crippen molar-refractivity contribution in [2.75, 3.05) is 6.61 Å². The molecule has 0 saturated carbocycles. The van der Waals surface area contributed by atoms with Gasteiger partial charge in [-0.1, -0.05) is 0 Å².